The first-order valence-corrected chi connectivity index (χ1v) is 12.7. The zero-order valence-corrected chi connectivity index (χ0v) is 19.4. The number of carbonyl (C=O) groups is 2. The zero-order chi connectivity index (χ0) is 19.5. The average molecular weight is 429 g/mol. The summed E-state index contributed by atoms with van der Waals surface area (Å²) >= 11 is 0.270. The van der Waals surface area contributed by atoms with Gasteiger partial charge in [-0.2, -0.15) is 0 Å². The first-order chi connectivity index (χ1) is 12.2. The summed E-state index contributed by atoms with van der Waals surface area (Å²) in [7, 11) is 0. The maximum atomic E-state index is 13.3. The van der Waals surface area contributed by atoms with Gasteiger partial charge in [-0.3, -0.25) is 0 Å². The molecular weight excluding hydrogens is 389 g/mol. The van der Waals surface area contributed by atoms with E-state index in [0.717, 1.165) is 38.5 Å². The van der Waals surface area contributed by atoms with Crippen LogP contribution in [0, 0.1) is 16.7 Å². The van der Waals surface area contributed by atoms with E-state index in [1.165, 1.54) is 6.42 Å². The second kappa shape index (κ2) is 8.78. The van der Waals surface area contributed by atoms with Crippen molar-refractivity contribution < 1.29 is 9.59 Å². The molecule has 0 aromatic rings. The second-order valence-corrected chi connectivity index (χ2v) is 12.1. The van der Waals surface area contributed by atoms with Gasteiger partial charge in [0.25, 0.3) is 0 Å². The van der Waals surface area contributed by atoms with Crippen molar-refractivity contribution in [3.05, 3.63) is 0 Å². The zero-order valence-electron chi connectivity index (χ0n) is 17.7. The van der Waals surface area contributed by atoms with Crippen LogP contribution in [0.1, 0.15) is 92.9 Å². The molecule has 1 N–H and O–H groups in total. The van der Waals surface area contributed by atoms with E-state index in [1.807, 2.05) is 0 Å². The standard InChI is InChI=1S/C22H39NO2Se/c1-7-10-16(23-18(24)12-9-3)17(11-8-2)26-19-15-13-14-22(6,20(19)25)21(15,4)5/h15-17,19H,7-14H2,1-6H3,(H,23,24)/t15?,16-,17+,19?,22?/m0/s1. The van der Waals surface area contributed by atoms with Gasteiger partial charge in [0, 0.05) is 0 Å². The first kappa shape index (κ1) is 22.0. The predicted molar refractivity (Wildman–Crippen MR) is 110 cm³/mol. The minimum atomic E-state index is -0.118. The number of ketones is 1. The summed E-state index contributed by atoms with van der Waals surface area (Å²) in [6, 6.07) is 0.252. The number of rotatable bonds is 10. The van der Waals surface area contributed by atoms with Crippen molar-refractivity contribution in [2.24, 2.45) is 16.7 Å². The minimum absolute atomic E-state index is 0.118. The van der Waals surface area contributed by atoms with Crippen LogP contribution in [0.25, 0.3) is 0 Å². The Morgan fingerprint density at radius 2 is 1.81 bits per heavy atom. The molecular formula is C22H39NO2Se. The monoisotopic (exact) mass is 429 g/mol. The fraction of sp³-hybridized carbons (Fsp3) is 0.909. The maximum absolute atomic E-state index is 13.3. The van der Waals surface area contributed by atoms with Crippen molar-refractivity contribution in [3.63, 3.8) is 0 Å². The van der Waals surface area contributed by atoms with Gasteiger partial charge in [0.15, 0.2) is 0 Å². The fourth-order valence-electron chi connectivity index (χ4n) is 5.17. The van der Waals surface area contributed by atoms with E-state index < -0.39 is 0 Å². The summed E-state index contributed by atoms with van der Waals surface area (Å²) < 4.78 is 0. The molecule has 2 aliphatic rings. The molecule has 2 saturated carbocycles. The number of hydrogen-bond donors (Lipinski definition) is 1. The van der Waals surface area contributed by atoms with E-state index in [2.05, 4.69) is 46.9 Å². The van der Waals surface area contributed by atoms with Crippen molar-refractivity contribution in [2.45, 2.75) is 109 Å². The molecule has 0 aliphatic heterocycles. The third-order valence-corrected chi connectivity index (χ3v) is 10.9. The Labute approximate surface area is 167 Å². The Bertz CT molecular complexity index is 518. The second-order valence-electron chi connectivity index (χ2n) is 9.16. The molecule has 26 heavy (non-hydrogen) atoms. The van der Waals surface area contributed by atoms with Gasteiger partial charge >= 0.3 is 167 Å². The third kappa shape index (κ3) is 3.92. The van der Waals surface area contributed by atoms with Crippen LogP contribution in [0.4, 0.5) is 0 Å². The molecule has 0 aromatic heterocycles. The molecule has 5 atom stereocenters. The van der Waals surface area contributed by atoms with E-state index in [-0.39, 0.29) is 42.6 Å². The Balaban J connectivity index is 2.16. The third-order valence-electron chi connectivity index (χ3n) is 7.24. The molecule has 2 rings (SSSR count). The van der Waals surface area contributed by atoms with Gasteiger partial charge in [-0.05, 0) is 0 Å². The van der Waals surface area contributed by atoms with Gasteiger partial charge in [-0.15, -0.1) is 0 Å². The molecule has 1 amide bonds. The molecule has 3 nitrogen and oxygen atoms in total. The topological polar surface area (TPSA) is 46.2 Å². The summed E-state index contributed by atoms with van der Waals surface area (Å²) in [6.45, 7) is 13.3. The number of Topliss-reactive ketones (excluding diaryl/α,β-unsaturated/α-hetero) is 1. The van der Waals surface area contributed by atoms with Crippen LogP contribution in [-0.2, 0) is 9.59 Å². The number of fused-ring (bicyclic) bond motifs is 2. The van der Waals surface area contributed by atoms with Crippen molar-refractivity contribution in [1.82, 2.24) is 5.32 Å². The molecule has 4 heteroatoms. The molecule has 2 fully saturated rings. The number of hydrogen-bond acceptors (Lipinski definition) is 2. The van der Waals surface area contributed by atoms with Crippen molar-refractivity contribution in [2.75, 3.05) is 0 Å². The van der Waals surface area contributed by atoms with Crippen LogP contribution in [-0.4, -0.2) is 32.7 Å². The molecule has 150 valence electrons. The van der Waals surface area contributed by atoms with Crippen molar-refractivity contribution in [1.29, 1.82) is 0 Å². The van der Waals surface area contributed by atoms with Crippen LogP contribution in [0.3, 0.4) is 0 Å². The summed E-state index contributed by atoms with van der Waals surface area (Å²) in [5, 5.41) is 3.33. The number of amides is 1. The average Bonchev–Trinajstić information content (AvgIpc) is 2.88. The van der Waals surface area contributed by atoms with Crippen LogP contribution in [0.5, 0.6) is 0 Å². The van der Waals surface area contributed by atoms with E-state index in [1.54, 1.807) is 0 Å². The molecule has 0 heterocycles. The first-order valence-electron chi connectivity index (χ1n) is 10.7. The molecule has 0 spiro atoms. The summed E-state index contributed by atoms with van der Waals surface area (Å²) in [5.41, 5.74) is 0.0194. The van der Waals surface area contributed by atoms with E-state index in [4.69, 9.17) is 0 Å². The van der Waals surface area contributed by atoms with Gasteiger partial charge in [-0.1, -0.05) is 0 Å². The Kier molecular flexibility index (Phi) is 7.41. The van der Waals surface area contributed by atoms with E-state index in [0.29, 0.717) is 22.9 Å². The van der Waals surface area contributed by atoms with Gasteiger partial charge in [0.1, 0.15) is 0 Å². The Morgan fingerprint density at radius 3 is 2.31 bits per heavy atom. The Hall–Kier alpha value is -0.341. The number of nitrogens with one attached hydrogen (secondary N) is 1. The summed E-state index contributed by atoms with van der Waals surface area (Å²) in [4.78, 5) is 26.3. The predicted octanol–water partition coefficient (Wildman–Crippen LogP) is 5.18. The normalized spacial score (nSPS) is 31.8. The Morgan fingerprint density at radius 1 is 1.15 bits per heavy atom. The van der Waals surface area contributed by atoms with Gasteiger partial charge in [0.05, 0.1) is 0 Å². The fourth-order valence-corrected chi connectivity index (χ4v) is 9.76. The molecule has 2 bridgehead atoms. The molecule has 0 radical (unpaired) electrons. The van der Waals surface area contributed by atoms with Crippen molar-refractivity contribution in [3.8, 4) is 0 Å². The van der Waals surface area contributed by atoms with Crippen LogP contribution in [0.15, 0.2) is 0 Å². The quantitative estimate of drug-likeness (QED) is 0.488. The van der Waals surface area contributed by atoms with Crippen LogP contribution < -0.4 is 5.32 Å². The van der Waals surface area contributed by atoms with Crippen LogP contribution in [0.2, 0.25) is 9.63 Å². The van der Waals surface area contributed by atoms with Gasteiger partial charge in [0.2, 0.25) is 0 Å². The summed E-state index contributed by atoms with van der Waals surface area (Å²) in [5.74, 6) is 1.28. The molecule has 3 unspecified atom stereocenters. The SMILES string of the molecule is CCCC(=O)N[C@@H](CCC)[C@@H](CCC)[Se]C1C(=O)C2(C)CCC1C2(C)C. The molecule has 0 saturated heterocycles. The molecule has 0 aromatic carbocycles. The molecule has 2 aliphatic carbocycles. The van der Waals surface area contributed by atoms with E-state index >= 15 is 0 Å². The summed E-state index contributed by atoms with van der Waals surface area (Å²) in [6.07, 6.45) is 8.16. The number of carbonyl (C=O) groups excluding carboxylic acids is 2. The van der Waals surface area contributed by atoms with E-state index in [9.17, 15) is 9.59 Å². The van der Waals surface area contributed by atoms with Crippen molar-refractivity contribution >= 4 is 26.6 Å². The van der Waals surface area contributed by atoms with Gasteiger partial charge in [-0.25, -0.2) is 0 Å². The van der Waals surface area contributed by atoms with Gasteiger partial charge < -0.3 is 0 Å². The van der Waals surface area contributed by atoms with Crippen LogP contribution >= 0.6 is 0 Å².